The van der Waals surface area contributed by atoms with Crippen LogP contribution in [-0.2, 0) is 12.0 Å². The highest BCUT2D eigenvalue weighted by Gasteiger charge is 2.38. The summed E-state index contributed by atoms with van der Waals surface area (Å²) in [6.07, 6.45) is 5.85. The second-order valence-electron chi connectivity index (χ2n) is 9.14. The lowest BCUT2D eigenvalue weighted by Crippen LogP contribution is -2.44. The molecular weight excluding hydrogens is 418 g/mol. The van der Waals surface area contributed by atoms with E-state index in [1.165, 1.54) is 5.56 Å². The van der Waals surface area contributed by atoms with E-state index < -0.39 is 0 Å². The van der Waals surface area contributed by atoms with E-state index in [4.69, 9.17) is 5.10 Å². The number of rotatable bonds is 7. The number of para-hydroxylation sites is 1. The molecule has 5 rings (SSSR count). The van der Waals surface area contributed by atoms with Crippen molar-refractivity contribution in [1.82, 2.24) is 15.1 Å². The SMILES string of the molecule is CCCc1c(C(=O)NC2(c3ccccc3)CCCC2)c(-c2ccccc2)nn1-c1ccccc1. The van der Waals surface area contributed by atoms with E-state index in [2.05, 4.69) is 36.5 Å². The van der Waals surface area contributed by atoms with Gasteiger partial charge in [-0.2, -0.15) is 5.10 Å². The molecule has 1 aromatic heterocycles. The number of aromatic nitrogens is 2. The van der Waals surface area contributed by atoms with Gasteiger partial charge in [-0.15, -0.1) is 0 Å². The van der Waals surface area contributed by atoms with Gasteiger partial charge in [0.15, 0.2) is 0 Å². The molecule has 34 heavy (non-hydrogen) atoms. The number of hydrogen-bond donors (Lipinski definition) is 1. The Hall–Kier alpha value is -3.66. The van der Waals surface area contributed by atoms with Gasteiger partial charge < -0.3 is 5.32 Å². The summed E-state index contributed by atoms with van der Waals surface area (Å²) in [6, 6.07) is 30.6. The summed E-state index contributed by atoms with van der Waals surface area (Å²) in [7, 11) is 0. The van der Waals surface area contributed by atoms with Crippen LogP contribution in [0.4, 0.5) is 0 Å². The third kappa shape index (κ3) is 4.16. The van der Waals surface area contributed by atoms with Crippen LogP contribution in [0.1, 0.15) is 60.6 Å². The molecule has 1 N–H and O–H groups in total. The topological polar surface area (TPSA) is 46.9 Å². The average Bonchev–Trinajstić information content (AvgIpc) is 3.52. The monoisotopic (exact) mass is 449 g/mol. The summed E-state index contributed by atoms with van der Waals surface area (Å²) in [5, 5.41) is 8.52. The van der Waals surface area contributed by atoms with Gasteiger partial charge in [0.1, 0.15) is 5.69 Å². The molecule has 1 amide bonds. The summed E-state index contributed by atoms with van der Waals surface area (Å²) in [6.45, 7) is 2.15. The summed E-state index contributed by atoms with van der Waals surface area (Å²) >= 11 is 0. The Morgan fingerprint density at radius 2 is 1.47 bits per heavy atom. The fraction of sp³-hybridized carbons (Fsp3) is 0.267. The van der Waals surface area contributed by atoms with Crippen molar-refractivity contribution >= 4 is 5.91 Å². The zero-order valence-corrected chi connectivity index (χ0v) is 19.7. The van der Waals surface area contributed by atoms with Crippen molar-refractivity contribution in [3.63, 3.8) is 0 Å². The van der Waals surface area contributed by atoms with Crippen LogP contribution < -0.4 is 5.32 Å². The molecule has 0 unspecified atom stereocenters. The minimum atomic E-state index is -0.329. The van der Waals surface area contributed by atoms with Crippen LogP contribution in [0, 0.1) is 0 Å². The lowest BCUT2D eigenvalue weighted by atomic mass is 9.87. The molecule has 1 aliphatic carbocycles. The van der Waals surface area contributed by atoms with Gasteiger partial charge in [0.2, 0.25) is 0 Å². The smallest absolute Gasteiger partial charge is 0.256 e. The number of carbonyl (C=O) groups is 1. The number of nitrogens with zero attached hydrogens (tertiary/aromatic N) is 2. The fourth-order valence-electron chi connectivity index (χ4n) is 5.24. The highest BCUT2D eigenvalue weighted by atomic mass is 16.1. The van der Waals surface area contributed by atoms with Gasteiger partial charge in [0.05, 0.1) is 22.5 Å². The van der Waals surface area contributed by atoms with Gasteiger partial charge in [-0.25, -0.2) is 4.68 Å². The predicted molar refractivity (Wildman–Crippen MR) is 137 cm³/mol. The maximum Gasteiger partial charge on any atom is 0.256 e. The van der Waals surface area contributed by atoms with E-state index in [0.29, 0.717) is 5.56 Å². The number of carbonyl (C=O) groups excluding carboxylic acids is 1. The summed E-state index contributed by atoms with van der Waals surface area (Å²) < 4.78 is 1.96. The zero-order chi connectivity index (χ0) is 23.4. The second kappa shape index (κ2) is 9.68. The molecule has 0 spiro atoms. The number of benzene rings is 3. The van der Waals surface area contributed by atoms with Crippen molar-refractivity contribution in [2.45, 2.75) is 51.0 Å². The summed E-state index contributed by atoms with van der Waals surface area (Å²) in [5.41, 5.74) is 5.19. The predicted octanol–water partition coefficient (Wildman–Crippen LogP) is 6.69. The fourth-order valence-corrected chi connectivity index (χ4v) is 5.24. The van der Waals surface area contributed by atoms with Crippen molar-refractivity contribution in [2.75, 3.05) is 0 Å². The molecule has 1 heterocycles. The van der Waals surface area contributed by atoms with E-state index in [1.807, 2.05) is 71.4 Å². The molecule has 0 aliphatic heterocycles. The first-order valence-electron chi connectivity index (χ1n) is 12.3. The molecule has 4 heteroatoms. The normalized spacial score (nSPS) is 14.7. The quantitative estimate of drug-likeness (QED) is 0.342. The third-order valence-corrected chi connectivity index (χ3v) is 6.88. The Morgan fingerprint density at radius 1 is 0.882 bits per heavy atom. The van der Waals surface area contributed by atoms with Crippen LogP contribution in [0.25, 0.3) is 16.9 Å². The van der Waals surface area contributed by atoms with Crippen molar-refractivity contribution in [2.24, 2.45) is 0 Å². The number of amides is 1. The highest BCUT2D eigenvalue weighted by Crippen LogP contribution is 2.39. The average molecular weight is 450 g/mol. The van der Waals surface area contributed by atoms with E-state index in [0.717, 1.165) is 61.2 Å². The molecule has 0 atom stereocenters. The van der Waals surface area contributed by atoms with Gasteiger partial charge in [-0.3, -0.25) is 4.79 Å². The second-order valence-corrected chi connectivity index (χ2v) is 9.14. The molecule has 172 valence electrons. The molecule has 0 bridgehead atoms. The van der Waals surface area contributed by atoms with Crippen LogP contribution in [0.15, 0.2) is 91.0 Å². The van der Waals surface area contributed by atoms with Crippen LogP contribution in [0.2, 0.25) is 0 Å². The van der Waals surface area contributed by atoms with Gasteiger partial charge >= 0.3 is 0 Å². The van der Waals surface area contributed by atoms with Gasteiger partial charge in [-0.1, -0.05) is 105 Å². The van der Waals surface area contributed by atoms with E-state index in [9.17, 15) is 4.79 Å². The Bertz CT molecular complexity index is 1240. The lowest BCUT2D eigenvalue weighted by molar-refractivity contribution is 0.0898. The van der Waals surface area contributed by atoms with Crippen LogP contribution in [0.3, 0.4) is 0 Å². The third-order valence-electron chi connectivity index (χ3n) is 6.88. The largest absolute Gasteiger partial charge is 0.342 e. The molecular formula is C30H31N3O. The van der Waals surface area contributed by atoms with Gasteiger partial charge in [0.25, 0.3) is 5.91 Å². The van der Waals surface area contributed by atoms with Crippen molar-refractivity contribution in [3.8, 4) is 16.9 Å². The first-order valence-corrected chi connectivity index (χ1v) is 12.3. The van der Waals surface area contributed by atoms with Crippen molar-refractivity contribution in [1.29, 1.82) is 0 Å². The zero-order valence-electron chi connectivity index (χ0n) is 19.7. The van der Waals surface area contributed by atoms with Crippen LogP contribution in [-0.4, -0.2) is 15.7 Å². The minimum absolute atomic E-state index is 0.0322. The van der Waals surface area contributed by atoms with Gasteiger partial charge in [0, 0.05) is 5.56 Å². The molecule has 0 radical (unpaired) electrons. The number of nitrogens with one attached hydrogen (secondary N) is 1. The van der Waals surface area contributed by atoms with Crippen LogP contribution >= 0.6 is 0 Å². The van der Waals surface area contributed by atoms with Gasteiger partial charge in [-0.05, 0) is 37.0 Å². The van der Waals surface area contributed by atoms with E-state index >= 15 is 0 Å². The molecule has 0 saturated heterocycles. The highest BCUT2D eigenvalue weighted by molar-refractivity contribution is 6.02. The molecule has 1 aliphatic rings. The molecule has 4 nitrogen and oxygen atoms in total. The Morgan fingerprint density at radius 3 is 2.09 bits per heavy atom. The summed E-state index contributed by atoms with van der Waals surface area (Å²) in [4.78, 5) is 14.1. The first kappa shape index (κ1) is 22.1. The maximum atomic E-state index is 14.1. The maximum absolute atomic E-state index is 14.1. The van der Waals surface area contributed by atoms with E-state index in [-0.39, 0.29) is 11.4 Å². The Balaban J connectivity index is 1.65. The molecule has 1 saturated carbocycles. The van der Waals surface area contributed by atoms with E-state index in [1.54, 1.807) is 0 Å². The van der Waals surface area contributed by atoms with Crippen LogP contribution in [0.5, 0.6) is 0 Å². The number of hydrogen-bond acceptors (Lipinski definition) is 2. The van der Waals surface area contributed by atoms with Crippen molar-refractivity contribution in [3.05, 3.63) is 108 Å². The lowest BCUT2D eigenvalue weighted by Gasteiger charge is -2.31. The standard InChI is InChI=1S/C30H31N3O/c1-2-14-26-27(29(34)31-30(21-12-13-22-30)24-17-8-4-9-18-24)28(23-15-6-3-7-16-23)32-33(26)25-19-10-5-11-20-25/h3-11,15-20H,2,12-14,21-22H2,1H3,(H,31,34). The molecule has 1 fully saturated rings. The first-order chi connectivity index (χ1) is 16.7. The molecule has 4 aromatic rings. The Kier molecular flexibility index (Phi) is 6.31. The summed E-state index contributed by atoms with van der Waals surface area (Å²) in [5.74, 6) is -0.0322. The minimum Gasteiger partial charge on any atom is -0.342 e. The van der Waals surface area contributed by atoms with Crippen molar-refractivity contribution < 1.29 is 4.79 Å². The molecule has 3 aromatic carbocycles. The Labute approximate surface area is 201 Å².